The molecule has 0 aliphatic carbocycles. The quantitative estimate of drug-likeness (QED) is 0.312. The number of Topliss-reactive ketones (excluding diaryl/α,β-unsaturated/α-hetero) is 1. The molecule has 1 N–H and O–H groups in total. The molecule has 0 spiro atoms. The number of rotatable bonds is 7. The lowest BCUT2D eigenvalue weighted by molar-refractivity contribution is -0.384. The lowest BCUT2D eigenvalue weighted by Gasteiger charge is -2.28. The fourth-order valence-corrected chi connectivity index (χ4v) is 3.50. The second-order valence-corrected chi connectivity index (χ2v) is 7.23. The molecule has 9 nitrogen and oxygen atoms in total. The van der Waals surface area contributed by atoms with Crippen molar-refractivity contribution in [1.29, 1.82) is 0 Å². The van der Waals surface area contributed by atoms with Crippen molar-refractivity contribution < 1.29 is 24.0 Å². The molecule has 1 saturated heterocycles. The highest BCUT2D eigenvalue weighted by Crippen LogP contribution is 2.31. The summed E-state index contributed by atoms with van der Waals surface area (Å²) in [7, 11) is 0. The van der Waals surface area contributed by atoms with E-state index in [0.29, 0.717) is 16.9 Å². The largest absolute Gasteiger partial charge is 0.452 e. The van der Waals surface area contributed by atoms with Crippen LogP contribution in [-0.4, -0.2) is 42.3 Å². The molecule has 9 heteroatoms. The maximum Gasteiger partial charge on any atom is 0.338 e. The Morgan fingerprint density at radius 1 is 1.10 bits per heavy atom. The standard InChI is InChI=1S/C22H23N3O6/c1-15(26)17-7-3-4-8-18(17)23-21(27)14-31-22(28)16-9-10-19(20(13-16)25(29)30)24-11-5-2-6-12-24/h3-4,7-10,13H,2,5-6,11-12,14H2,1H3,(H,23,27). The molecular formula is C22H23N3O6. The van der Waals surface area contributed by atoms with Crippen LogP contribution in [0.3, 0.4) is 0 Å². The third kappa shape index (κ3) is 5.44. The Bertz CT molecular complexity index is 1010. The van der Waals surface area contributed by atoms with E-state index in [4.69, 9.17) is 4.74 Å². The molecule has 3 rings (SSSR count). The molecule has 1 aliphatic heterocycles. The molecule has 31 heavy (non-hydrogen) atoms. The third-order valence-electron chi connectivity index (χ3n) is 5.02. The number of anilines is 2. The number of nitrogens with zero attached hydrogens (tertiary/aromatic N) is 2. The van der Waals surface area contributed by atoms with Gasteiger partial charge in [0.1, 0.15) is 5.69 Å². The van der Waals surface area contributed by atoms with Crippen molar-refractivity contribution in [2.75, 3.05) is 29.9 Å². The molecule has 2 aromatic rings. The van der Waals surface area contributed by atoms with Crippen LogP contribution in [0.15, 0.2) is 42.5 Å². The first-order valence-electron chi connectivity index (χ1n) is 9.97. The molecule has 1 fully saturated rings. The number of carbonyl (C=O) groups excluding carboxylic acids is 3. The second kappa shape index (κ2) is 9.84. The van der Waals surface area contributed by atoms with Crippen molar-refractivity contribution >= 4 is 34.7 Å². The summed E-state index contributed by atoms with van der Waals surface area (Å²) in [6.07, 6.45) is 3.01. The zero-order valence-electron chi connectivity index (χ0n) is 17.1. The van der Waals surface area contributed by atoms with Gasteiger partial charge in [-0.3, -0.25) is 19.7 Å². The number of nitro groups is 1. The molecule has 0 radical (unpaired) electrons. The summed E-state index contributed by atoms with van der Waals surface area (Å²) < 4.78 is 5.01. The third-order valence-corrected chi connectivity index (χ3v) is 5.02. The van der Waals surface area contributed by atoms with E-state index in [1.54, 1.807) is 30.3 Å². The van der Waals surface area contributed by atoms with Crippen LogP contribution in [0.4, 0.5) is 17.1 Å². The van der Waals surface area contributed by atoms with Crippen LogP contribution < -0.4 is 10.2 Å². The summed E-state index contributed by atoms with van der Waals surface area (Å²) in [5, 5.41) is 14.1. The molecule has 2 aromatic carbocycles. The van der Waals surface area contributed by atoms with Gasteiger partial charge in [0.05, 0.1) is 16.2 Å². The van der Waals surface area contributed by atoms with E-state index in [-0.39, 0.29) is 17.0 Å². The number of piperidine rings is 1. The van der Waals surface area contributed by atoms with E-state index in [9.17, 15) is 24.5 Å². The van der Waals surface area contributed by atoms with Crippen molar-refractivity contribution in [2.45, 2.75) is 26.2 Å². The smallest absolute Gasteiger partial charge is 0.338 e. The van der Waals surface area contributed by atoms with E-state index < -0.39 is 23.4 Å². The zero-order valence-corrected chi connectivity index (χ0v) is 17.1. The van der Waals surface area contributed by atoms with E-state index in [0.717, 1.165) is 32.4 Å². The van der Waals surface area contributed by atoms with E-state index in [1.165, 1.54) is 19.1 Å². The summed E-state index contributed by atoms with van der Waals surface area (Å²) in [5.74, 6) is -1.68. The summed E-state index contributed by atoms with van der Waals surface area (Å²) in [5.41, 5.74) is 0.948. The summed E-state index contributed by atoms with van der Waals surface area (Å²) in [6.45, 7) is 2.25. The lowest BCUT2D eigenvalue weighted by Crippen LogP contribution is -2.30. The highest BCUT2D eigenvalue weighted by molar-refractivity contribution is 6.04. The van der Waals surface area contributed by atoms with Gasteiger partial charge in [-0.15, -0.1) is 0 Å². The topological polar surface area (TPSA) is 119 Å². The Morgan fingerprint density at radius 3 is 2.48 bits per heavy atom. The minimum Gasteiger partial charge on any atom is -0.452 e. The number of ketones is 1. The van der Waals surface area contributed by atoms with Gasteiger partial charge in [-0.25, -0.2) is 4.79 Å². The van der Waals surface area contributed by atoms with E-state index in [1.807, 2.05) is 4.90 Å². The van der Waals surface area contributed by atoms with Crippen molar-refractivity contribution in [3.63, 3.8) is 0 Å². The molecule has 1 heterocycles. The van der Waals surface area contributed by atoms with Crippen molar-refractivity contribution in [1.82, 2.24) is 0 Å². The molecular weight excluding hydrogens is 402 g/mol. The molecule has 1 amide bonds. The summed E-state index contributed by atoms with van der Waals surface area (Å²) in [4.78, 5) is 49.1. The van der Waals surface area contributed by atoms with Crippen LogP contribution in [0.1, 0.15) is 46.9 Å². The molecule has 0 aromatic heterocycles. The van der Waals surface area contributed by atoms with Gasteiger partial charge in [-0.05, 0) is 50.5 Å². The van der Waals surface area contributed by atoms with Crippen LogP contribution in [0, 0.1) is 10.1 Å². The maximum absolute atomic E-state index is 12.3. The van der Waals surface area contributed by atoms with Gasteiger partial charge >= 0.3 is 5.97 Å². The monoisotopic (exact) mass is 425 g/mol. The molecule has 0 bridgehead atoms. The molecule has 162 valence electrons. The summed E-state index contributed by atoms with van der Waals surface area (Å²) in [6, 6.07) is 10.7. The number of hydrogen-bond donors (Lipinski definition) is 1. The van der Waals surface area contributed by atoms with Gasteiger partial charge in [0, 0.05) is 24.7 Å². The van der Waals surface area contributed by atoms with Crippen molar-refractivity contribution in [2.24, 2.45) is 0 Å². The highest BCUT2D eigenvalue weighted by Gasteiger charge is 2.24. The predicted octanol–water partition coefficient (Wildman–Crippen LogP) is 3.58. The number of ether oxygens (including phenoxy) is 1. The van der Waals surface area contributed by atoms with E-state index in [2.05, 4.69) is 5.32 Å². The Hall–Kier alpha value is -3.75. The van der Waals surface area contributed by atoms with E-state index >= 15 is 0 Å². The fraction of sp³-hybridized carbons (Fsp3) is 0.318. The number of amides is 1. The Balaban J connectivity index is 1.66. The molecule has 1 aliphatic rings. The van der Waals surface area contributed by atoms with Gasteiger partial charge in [0.25, 0.3) is 11.6 Å². The molecule has 0 saturated carbocycles. The first-order chi connectivity index (χ1) is 14.9. The van der Waals surface area contributed by atoms with Crippen LogP contribution in [0.2, 0.25) is 0 Å². The number of nitro benzene ring substituents is 1. The average molecular weight is 425 g/mol. The first-order valence-corrected chi connectivity index (χ1v) is 9.97. The number of nitrogens with one attached hydrogen (secondary N) is 1. The average Bonchev–Trinajstić information content (AvgIpc) is 2.77. The minimum absolute atomic E-state index is 0.00982. The maximum atomic E-state index is 12.3. The predicted molar refractivity (Wildman–Crippen MR) is 115 cm³/mol. The zero-order chi connectivity index (χ0) is 22.4. The van der Waals surface area contributed by atoms with Crippen LogP contribution >= 0.6 is 0 Å². The van der Waals surface area contributed by atoms with Crippen LogP contribution in [-0.2, 0) is 9.53 Å². The second-order valence-electron chi connectivity index (χ2n) is 7.23. The fourth-order valence-electron chi connectivity index (χ4n) is 3.50. The van der Waals surface area contributed by atoms with Gasteiger partial charge in [0.15, 0.2) is 12.4 Å². The minimum atomic E-state index is -0.844. The SMILES string of the molecule is CC(=O)c1ccccc1NC(=O)COC(=O)c1ccc(N2CCCCC2)c([N+](=O)[O-])c1. The molecule has 0 atom stereocenters. The Morgan fingerprint density at radius 2 is 1.81 bits per heavy atom. The van der Waals surface area contributed by atoms with Crippen LogP contribution in [0.5, 0.6) is 0 Å². The van der Waals surface area contributed by atoms with Crippen molar-refractivity contribution in [3.8, 4) is 0 Å². The first kappa shape index (κ1) is 21.9. The number of esters is 1. The Labute approximate surface area is 179 Å². The normalized spacial score (nSPS) is 13.4. The van der Waals surface area contributed by atoms with Gasteiger partial charge in [-0.1, -0.05) is 12.1 Å². The lowest BCUT2D eigenvalue weighted by atomic mass is 10.1. The van der Waals surface area contributed by atoms with Gasteiger partial charge < -0.3 is 15.0 Å². The summed E-state index contributed by atoms with van der Waals surface area (Å²) >= 11 is 0. The number of carbonyl (C=O) groups is 3. The molecule has 0 unspecified atom stereocenters. The van der Waals surface area contributed by atoms with Gasteiger partial charge in [0.2, 0.25) is 0 Å². The van der Waals surface area contributed by atoms with Gasteiger partial charge in [-0.2, -0.15) is 0 Å². The number of para-hydroxylation sites is 1. The Kier molecular flexibility index (Phi) is 6.96. The highest BCUT2D eigenvalue weighted by atomic mass is 16.6. The number of hydrogen-bond acceptors (Lipinski definition) is 7. The number of benzene rings is 2. The van der Waals surface area contributed by atoms with Crippen molar-refractivity contribution in [3.05, 3.63) is 63.7 Å². The van der Waals surface area contributed by atoms with Crippen LogP contribution in [0.25, 0.3) is 0 Å².